The second-order valence-corrected chi connectivity index (χ2v) is 3.93. The average molecular weight is 276 g/mol. The zero-order chi connectivity index (χ0) is 14.6. The second-order valence-electron chi connectivity index (χ2n) is 3.93. The van der Waals surface area contributed by atoms with Crippen LogP contribution in [0.15, 0.2) is 18.2 Å². The number of halogens is 3. The number of nitrogen functional groups attached to an aromatic ring is 1. The van der Waals surface area contributed by atoms with Crippen molar-refractivity contribution in [3.8, 4) is 5.75 Å². The molecule has 7 heteroatoms. The fourth-order valence-corrected chi connectivity index (χ4v) is 1.58. The molecule has 0 saturated heterocycles. The highest BCUT2D eigenvalue weighted by atomic mass is 19.4. The Morgan fingerprint density at radius 2 is 2.05 bits per heavy atom. The van der Waals surface area contributed by atoms with E-state index in [2.05, 4.69) is 0 Å². The lowest BCUT2D eigenvalue weighted by Crippen LogP contribution is -2.36. The van der Waals surface area contributed by atoms with Crippen molar-refractivity contribution >= 4 is 11.6 Å². The van der Waals surface area contributed by atoms with E-state index in [1.165, 1.54) is 12.1 Å². The van der Waals surface area contributed by atoms with Gasteiger partial charge in [-0.25, -0.2) is 0 Å². The Morgan fingerprint density at radius 1 is 1.42 bits per heavy atom. The van der Waals surface area contributed by atoms with Gasteiger partial charge in [0.15, 0.2) is 0 Å². The van der Waals surface area contributed by atoms with E-state index in [1.807, 2.05) is 0 Å². The lowest BCUT2D eigenvalue weighted by molar-refractivity contribution is -0.138. The van der Waals surface area contributed by atoms with Gasteiger partial charge in [-0.2, -0.15) is 13.2 Å². The molecule has 19 heavy (non-hydrogen) atoms. The minimum Gasteiger partial charge on any atom is -0.493 e. The average Bonchev–Trinajstić information content (AvgIpc) is 2.26. The van der Waals surface area contributed by atoms with Gasteiger partial charge in [0.2, 0.25) is 0 Å². The number of alkyl halides is 3. The van der Waals surface area contributed by atoms with E-state index in [1.54, 1.807) is 13.0 Å². The van der Waals surface area contributed by atoms with Gasteiger partial charge in [-0.3, -0.25) is 4.79 Å². The van der Waals surface area contributed by atoms with Gasteiger partial charge in [-0.15, -0.1) is 0 Å². The summed E-state index contributed by atoms with van der Waals surface area (Å²) in [6.07, 6.45) is -4.46. The highest BCUT2D eigenvalue weighted by molar-refractivity contribution is 6.01. The first-order valence-corrected chi connectivity index (χ1v) is 5.59. The number of amides is 1. The van der Waals surface area contributed by atoms with Crippen LogP contribution in [-0.2, 0) is 0 Å². The summed E-state index contributed by atoms with van der Waals surface area (Å²) in [5.74, 6) is -0.639. The summed E-state index contributed by atoms with van der Waals surface area (Å²) in [4.78, 5) is 12.6. The monoisotopic (exact) mass is 276 g/mol. The van der Waals surface area contributed by atoms with Gasteiger partial charge in [0, 0.05) is 12.7 Å². The molecule has 0 spiro atoms. The summed E-state index contributed by atoms with van der Waals surface area (Å²) in [7, 11) is 1.07. The van der Waals surface area contributed by atoms with Crippen molar-refractivity contribution in [1.29, 1.82) is 0 Å². The van der Waals surface area contributed by atoms with E-state index >= 15 is 0 Å². The van der Waals surface area contributed by atoms with Crippen molar-refractivity contribution in [2.24, 2.45) is 0 Å². The molecule has 0 aliphatic carbocycles. The van der Waals surface area contributed by atoms with E-state index in [4.69, 9.17) is 10.5 Å². The Morgan fingerprint density at radius 3 is 2.58 bits per heavy atom. The third-order valence-corrected chi connectivity index (χ3v) is 2.34. The number of nitrogens with zero attached hydrogens (tertiary/aromatic N) is 1. The van der Waals surface area contributed by atoms with Gasteiger partial charge < -0.3 is 15.4 Å². The lowest BCUT2D eigenvalue weighted by atomic mass is 10.1. The van der Waals surface area contributed by atoms with Crippen molar-refractivity contribution in [2.75, 3.05) is 25.9 Å². The van der Waals surface area contributed by atoms with E-state index in [9.17, 15) is 18.0 Å². The molecule has 0 aliphatic heterocycles. The molecular weight excluding hydrogens is 261 g/mol. The normalized spacial score (nSPS) is 11.2. The molecule has 106 valence electrons. The SMILES string of the molecule is CCOc1cccc(N)c1C(=O)N(C)CC(F)(F)F. The van der Waals surface area contributed by atoms with Gasteiger partial charge in [-0.1, -0.05) is 6.07 Å². The van der Waals surface area contributed by atoms with Crippen LogP contribution < -0.4 is 10.5 Å². The first-order valence-electron chi connectivity index (χ1n) is 5.59. The van der Waals surface area contributed by atoms with Gasteiger partial charge in [-0.05, 0) is 19.1 Å². The van der Waals surface area contributed by atoms with Crippen LogP contribution in [0.3, 0.4) is 0 Å². The number of carbonyl (C=O) groups excluding carboxylic acids is 1. The van der Waals surface area contributed by atoms with Crippen LogP contribution in [0.5, 0.6) is 5.75 Å². The third-order valence-electron chi connectivity index (χ3n) is 2.34. The molecule has 0 radical (unpaired) electrons. The van der Waals surface area contributed by atoms with Crippen LogP contribution in [0.1, 0.15) is 17.3 Å². The number of anilines is 1. The second kappa shape index (κ2) is 5.81. The van der Waals surface area contributed by atoms with Crippen LogP contribution in [0, 0.1) is 0 Å². The largest absolute Gasteiger partial charge is 0.493 e. The van der Waals surface area contributed by atoms with Crippen LogP contribution in [0.4, 0.5) is 18.9 Å². The summed E-state index contributed by atoms with van der Waals surface area (Å²) >= 11 is 0. The van der Waals surface area contributed by atoms with Crippen molar-refractivity contribution in [1.82, 2.24) is 4.90 Å². The third kappa shape index (κ3) is 4.04. The maximum atomic E-state index is 12.3. The minimum absolute atomic E-state index is 0.0453. The topological polar surface area (TPSA) is 55.6 Å². The molecule has 0 fully saturated rings. The number of hydrogen-bond donors (Lipinski definition) is 1. The molecule has 0 aromatic heterocycles. The molecule has 0 bridgehead atoms. The fourth-order valence-electron chi connectivity index (χ4n) is 1.58. The molecule has 0 heterocycles. The van der Waals surface area contributed by atoms with Gasteiger partial charge in [0.25, 0.3) is 5.91 Å². The molecule has 2 N–H and O–H groups in total. The van der Waals surface area contributed by atoms with E-state index in [0.29, 0.717) is 4.90 Å². The molecule has 0 atom stereocenters. The molecule has 0 saturated carbocycles. The first kappa shape index (κ1) is 15.1. The van der Waals surface area contributed by atoms with Crippen LogP contribution >= 0.6 is 0 Å². The van der Waals surface area contributed by atoms with E-state index in [-0.39, 0.29) is 23.6 Å². The summed E-state index contributed by atoms with van der Waals surface area (Å²) in [5.41, 5.74) is 5.69. The quantitative estimate of drug-likeness (QED) is 0.858. The Bertz CT molecular complexity index is 461. The molecule has 1 amide bonds. The first-order chi connectivity index (χ1) is 8.76. The highest BCUT2D eigenvalue weighted by Gasteiger charge is 2.32. The van der Waals surface area contributed by atoms with E-state index < -0.39 is 18.6 Å². The number of rotatable bonds is 4. The van der Waals surface area contributed by atoms with Gasteiger partial charge >= 0.3 is 6.18 Å². The summed E-state index contributed by atoms with van der Waals surface area (Å²) in [5, 5.41) is 0. The zero-order valence-corrected chi connectivity index (χ0v) is 10.6. The molecule has 1 rings (SSSR count). The van der Waals surface area contributed by atoms with Crippen molar-refractivity contribution in [2.45, 2.75) is 13.1 Å². The van der Waals surface area contributed by atoms with Crippen molar-refractivity contribution in [3.05, 3.63) is 23.8 Å². The highest BCUT2D eigenvalue weighted by Crippen LogP contribution is 2.27. The summed E-state index contributed by atoms with van der Waals surface area (Å²) < 4.78 is 42.0. The maximum absolute atomic E-state index is 12.3. The van der Waals surface area contributed by atoms with E-state index in [0.717, 1.165) is 7.05 Å². The number of ether oxygens (including phenoxy) is 1. The Balaban J connectivity index is 3.04. The number of benzene rings is 1. The fraction of sp³-hybridized carbons (Fsp3) is 0.417. The molecular formula is C12H15F3N2O2. The zero-order valence-electron chi connectivity index (χ0n) is 10.6. The Labute approximate surface area is 108 Å². The van der Waals surface area contributed by atoms with Gasteiger partial charge in [0.1, 0.15) is 17.9 Å². The molecule has 4 nitrogen and oxygen atoms in total. The summed E-state index contributed by atoms with van der Waals surface area (Å²) in [6, 6.07) is 4.51. The molecule has 1 aromatic rings. The summed E-state index contributed by atoms with van der Waals surface area (Å²) in [6.45, 7) is 0.648. The predicted molar refractivity (Wildman–Crippen MR) is 65.0 cm³/mol. The molecule has 0 aliphatic rings. The maximum Gasteiger partial charge on any atom is 0.406 e. The molecule has 0 unspecified atom stereocenters. The smallest absolute Gasteiger partial charge is 0.406 e. The standard InChI is InChI=1S/C12H15F3N2O2/c1-3-19-9-6-4-5-8(16)10(9)11(18)17(2)7-12(13,14)15/h4-6H,3,7,16H2,1-2H3. The number of hydrogen-bond acceptors (Lipinski definition) is 3. The van der Waals surface area contributed by atoms with Crippen molar-refractivity contribution < 1.29 is 22.7 Å². The van der Waals surface area contributed by atoms with Crippen LogP contribution in [0.25, 0.3) is 0 Å². The molecule has 1 aromatic carbocycles. The predicted octanol–water partition coefficient (Wildman–Crippen LogP) is 2.30. The van der Waals surface area contributed by atoms with Crippen LogP contribution in [0.2, 0.25) is 0 Å². The van der Waals surface area contributed by atoms with Crippen LogP contribution in [-0.4, -0.2) is 37.2 Å². The number of nitrogens with two attached hydrogens (primary N) is 1. The Kier molecular flexibility index (Phi) is 4.63. The lowest BCUT2D eigenvalue weighted by Gasteiger charge is -2.21. The van der Waals surface area contributed by atoms with Crippen molar-refractivity contribution in [3.63, 3.8) is 0 Å². The number of carbonyl (C=O) groups is 1. The Hall–Kier alpha value is -1.92. The van der Waals surface area contributed by atoms with Gasteiger partial charge in [0.05, 0.1) is 6.61 Å². The minimum atomic E-state index is -4.46.